The van der Waals surface area contributed by atoms with E-state index in [0.717, 1.165) is 34.2 Å². The second-order valence-corrected chi connectivity index (χ2v) is 13.9. The van der Waals surface area contributed by atoms with Crippen molar-refractivity contribution in [3.8, 4) is 0 Å². The molecule has 1 amide bonds. The number of rotatable bonds is 5. The Kier molecular flexibility index (Phi) is 8.49. The van der Waals surface area contributed by atoms with E-state index in [1.54, 1.807) is 0 Å². The molecule has 0 radical (unpaired) electrons. The molecule has 0 aliphatic heterocycles. The summed E-state index contributed by atoms with van der Waals surface area (Å²) in [5, 5.41) is 4.25. The van der Waals surface area contributed by atoms with Crippen LogP contribution in [0.4, 0.5) is 5.69 Å². The Bertz CT molecular complexity index is 1690. The van der Waals surface area contributed by atoms with Crippen molar-refractivity contribution in [3.63, 3.8) is 0 Å². The predicted octanol–water partition coefficient (Wildman–Crippen LogP) is 9.13. The van der Waals surface area contributed by atoms with Crippen LogP contribution >= 0.6 is 11.6 Å². The lowest BCUT2D eigenvalue weighted by atomic mass is 9.69. The van der Waals surface area contributed by atoms with Crippen molar-refractivity contribution >= 4 is 51.7 Å². The number of hydrogen-bond acceptors (Lipinski definition) is 4. The van der Waals surface area contributed by atoms with Crippen molar-refractivity contribution in [2.75, 3.05) is 11.9 Å². The highest BCUT2D eigenvalue weighted by Gasteiger charge is 2.35. The first-order valence-electron chi connectivity index (χ1n) is 14.8. The van der Waals surface area contributed by atoms with Gasteiger partial charge in [-0.15, -0.1) is 0 Å². The normalized spacial score (nSPS) is 16.2. The minimum absolute atomic E-state index is 0.00792. The molecule has 222 valence electrons. The van der Waals surface area contributed by atoms with Crippen LogP contribution in [0, 0.1) is 11.3 Å². The molecule has 1 atom stereocenters. The number of pyridine rings is 1. The van der Waals surface area contributed by atoms with Gasteiger partial charge in [-0.1, -0.05) is 95.6 Å². The van der Waals surface area contributed by atoms with E-state index in [2.05, 4.69) is 52.9 Å². The number of para-hydroxylation sites is 1. The number of ether oxygens (including phenoxy) is 1. The standard InChI is InChI=1S/C37H39ClN2O3/c1-36(2,3)25-13-17-28(18-14-25)39-32(41)22-43-35(42)33-29-9-7-8-10-31(29)40-34-24(19-23-11-15-27(38)16-12-23)20-26(21-30(33)34)37(4,5)6/h7-19,26H,20-22H2,1-6H3,(H,39,41)/b24-19-. The Morgan fingerprint density at radius 1 is 0.930 bits per heavy atom. The molecule has 0 saturated carbocycles. The van der Waals surface area contributed by atoms with Crippen LogP contribution in [0.25, 0.3) is 22.6 Å². The number of halogens is 1. The number of fused-ring (bicyclic) bond motifs is 2. The van der Waals surface area contributed by atoms with Gasteiger partial charge in [0.2, 0.25) is 0 Å². The molecular weight excluding hydrogens is 556 g/mol. The van der Waals surface area contributed by atoms with E-state index in [1.165, 1.54) is 5.56 Å². The van der Waals surface area contributed by atoms with Crippen LogP contribution in [-0.4, -0.2) is 23.5 Å². The maximum Gasteiger partial charge on any atom is 0.339 e. The zero-order chi connectivity index (χ0) is 30.9. The van der Waals surface area contributed by atoms with Crippen LogP contribution in [0.1, 0.15) is 80.7 Å². The van der Waals surface area contributed by atoms with Gasteiger partial charge in [-0.05, 0) is 88.3 Å². The zero-order valence-electron chi connectivity index (χ0n) is 25.8. The van der Waals surface area contributed by atoms with Gasteiger partial charge in [0.25, 0.3) is 5.91 Å². The van der Waals surface area contributed by atoms with Gasteiger partial charge in [0.15, 0.2) is 6.61 Å². The van der Waals surface area contributed by atoms with Crippen LogP contribution in [0.3, 0.4) is 0 Å². The van der Waals surface area contributed by atoms with Crippen molar-refractivity contribution in [1.29, 1.82) is 0 Å². The molecule has 6 heteroatoms. The third-order valence-corrected chi connectivity index (χ3v) is 8.48. The van der Waals surface area contributed by atoms with E-state index in [0.29, 0.717) is 28.2 Å². The number of carbonyl (C=O) groups is 2. The molecule has 1 unspecified atom stereocenters. The highest BCUT2D eigenvalue weighted by molar-refractivity contribution is 6.30. The van der Waals surface area contributed by atoms with Crippen LogP contribution in [0.15, 0.2) is 72.8 Å². The van der Waals surface area contributed by atoms with Crippen molar-refractivity contribution in [1.82, 2.24) is 4.98 Å². The number of esters is 1. The number of hydrogen-bond donors (Lipinski definition) is 1. The second-order valence-electron chi connectivity index (χ2n) is 13.5. The zero-order valence-corrected chi connectivity index (χ0v) is 26.5. The number of amides is 1. The SMILES string of the molecule is CC(C)(C)c1ccc(NC(=O)COC(=O)c2c3c(nc4ccccc24)/C(=C\c2ccc(Cl)cc2)CC(C(C)(C)C)C3)cc1. The lowest BCUT2D eigenvalue weighted by Crippen LogP contribution is -2.29. The second kappa shape index (κ2) is 12.0. The molecule has 1 N–H and O–H groups in total. The van der Waals surface area contributed by atoms with E-state index in [4.69, 9.17) is 21.3 Å². The Labute approximate surface area is 259 Å². The molecule has 1 heterocycles. The Morgan fingerprint density at radius 2 is 1.60 bits per heavy atom. The molecule has 0 bridgehead atoms. The van der Waals surface area contributed by atoms with Crippen molar-refractivity contribution in [2.45, 2.75) is 59.8 Å². The van der Waals surface area contributed by atoms with Gasteiger partial charge in [0, 0.05) is 16.1 Å². The smallest absolute Gasteiger partial charge is 0.339 e. The summed E-state index contributed by atoms with van der Waals surface area (Å²) in [5.41, 5.74) is 6.80. The molecule has 5 rings (SSSR count). The average molecular weight is 595 g/mol. The molecular formula is C37H39ClN2O3. The molecule has 4 aromatic rings. The van der Waals surface area contributed by atoms with Crippen molar-refractivity contribution < 1.29 is 14.3 Å². The summed E-state index contributed by atoms with van der Waals surface area (Å²) in [6.07, 6.45) is 3.66. The topological polar surface area (TPSA) is 68.3 Å². The van der Waals surface area contributed by atoms with Gasteiger partial charge in [-0.3, -0.25) is 4.79 Å². The largest absolute Gasteiger partial charge is 0.452 e. The van der Waals surface area contributed by atoms with E-state index in [1.807, 2.05) is 72.8 Å². The summed E-state index contributed by atoms with van der Waals surface area (Å²) >= 11 is 6.15. The number of benzene rings is 3. The van der Waals surface area contributed by atoms with Crippen LogP contribution in [-0.2, 0) is 21.4 Å². The molecule has 0 saturated heterocycles. The summed E-state index contributed by atoms with van der Waals surface area (Å²) in [7, 11) is 0. The number of carbonyl (C=O) groups excluding carboxylic acids is 2. The Morgan fingerprint density at radius 3 is 2.26 bits per heavy atom. The minimum Gasteiger partial charge on any atom is -0.452 e. The van der Waals surface area contributed by atoms with Crippen molar-refractivity contribution in [3.05, 3.63) is 106 Å². The number of aromatic nitrogens is 1. The third-order valence-electron chi connectivity index (χ3n) is 8.22. The maximum absolute atomic E-state index is 13.8. The predicted molar refractivity (Wildman–Crippen MR) is 176 cm³/mol. The van der Waals surface area contributed by atoms with E-state index in [9.17, 15) is 9.59 Å². The van der Waals surface area contributed by atoms with Gasteiger partial charge in [0.1, 0.15) is 0 Å². The van der Waals surface area contributed by atoms with Gasteiger partial charge in [0.05, 0.1) is 16.8 Å². The van der Waals surface area contributed by atoms with Crippen molar-refractivity contribution in [2.24, 2.45) is 11.3 Å². The third kappa shape index (κ3) is 7.00. The Hall–Kier alpha value is -3.96. The lowest BCUT2D eigenvalue weighted by molar-refractivity contribution is -0.119. The van der Waals surface area contributed by atoms with Gasteiger partial charge in [-0.25, -0.2) is 9.78 Å². The number of anilines is 1. The summed E-state index contributed by atoms with van der Waals surface area (Å²) in [4.78, 5) is 31.7. The average Bonchev–Trinajstić information content (AvgIpc) is 2.95. The van der Waals surface area contributed by atoms with Gasteiger partial charge in [-0.2, -0.15) is 0 Å². The summed E-state index contributed by atoms with van der Waals surface area (Å²) in [5.74, 6) is -0.638. The number of nitrogens with zero attached hydrogens (tertiary/aromatic N) is 1. The fourth-order valence-electron chi connectivity index (χ4n) is 5.58. The fraction of sp³-hybridized carbons (Fsp3) is 0.324. The minimum atomic E-state index is -0.520. The van der Waals surface area contributed by atoms with Crippen LogP contribution in [0.5, 0.6) is 0 Å². The molecule has 0 fully saturated rings. The van der Waals surface area contributed by atoms with E-state index >= 15 is 0 Å². The number of allylic oxidation sites excluding steroid dienone is 1. The Balaban J connectivity index is 1.48. The molecule has 0 spiro atoms. The monoisotopic (exact) mass is 594 g/mol. The molecule has 1 aliphatic rings. The molecule has 3 aromatic carbocycles. The van der Waals surface area contributed by atoms with Gasteiger partial charge >= 0.3 is 5.97 Å². The quantitative estimate of drug-likeness (QED) is 0.234. The fourth-order valence-corrected chi connectivity index (χ4v) is 5.71. The van der Waals surface area contributed by atoms with Gasteiger partial charge < -0.3 is 10.1 Å². The maximum atomic E-state index is 13.8. The van der Waals surface area contributed by atoms with E-state index < -0.39 is 5.97 Å². The first-order chi connectivity index (χ1) is 20.3. The summed E-state index contributed by atoms with van der Waals surface area (Å²) < 4.78 is 5.69. The molecule has 5 nitrogen and oxygen atoms in total. The first kappa shape index (κ1) is 30.5. The summed E-state index contributed by atoms with van der Waals surface area (Å²) in [6, 6.07) is 23.1. The highest BCUT2D eigenvalue weighted by atomic mass is 35.5. The molecule has 1 aromatic heterocycles. The van der Waals surface area contributed by atoms with E-state index in [-0.39, 0.29) is 29.3 Å². The molecule has 43 heavy (non-hydrogen) atoms. The van der Waals surface area contributed by atoms with Crippen LogP contribution < -0.4 is 5.32 Å². The molecule has 1 aliphatic carbocycles. The first-order valence-corrected chi connectivity index (χ1v) is 15.1. The highest BCUT2D eigenvalue weighted by Crippen LogP contribution is 2.45. The summed E-state index contributed by atoms with van der Waals surface area (Å²) in [6.45, 7) is 12.7. The lowest BCUT2D eigenvalue weighted by Gasteiger charge is -2.36. The number of nitrogens with one attached hydrogen (secondary N) is 1. The van der Waals surface area contributed by atoms with Crippen LogP contribution in [0.2, 0.25) is 5.02 Å².